The number of nitro benzene ring substituents is 1. The number of benzene rings is 3. The molecule has 1 amide bonds. The zero-order valence-electron chi connectivity index (χ0n) is 16.4. The van der Waals surface area contributed by atoms with Crippen LogP contribution < -0.4 is 10.1 Å². The van der Waals surface area contributed by atoms with E-state index < -0.39 is 10.8 Å². The predicted octanol–water partition coefficient (Wildman–Crippen LogP) is 5.13. The first-order valence-electron chi connectivity index (χ1n) is 9.36. The maximum absolute atomic E-state index is 12.7. The van der Waals surface area contributed by atoms with Crippen LogP contribution in [-0.2, 0) is 6.61 Å². The lowest BCUT2D eigenvalue weighted by Crippen LogP contribution is -2.13. The van der Waals surface area contributed by atoms with Gasteiger partial charge in [-0.1, -0.05) is 47.1 Å². The number of carbonyl (C=O) groups excluding carboxylic acids is 1. The van der Waals surface area contributed by atoms with Crippen LogP contribution in [0.1, 0.15) is 16.2 Å². The van der Waals surface area contributed by atoms with Gasteiger partial charge in [-0.2, -0.15) is 4.98 Å². The number of anilines is 1. The second-order valence-electron chi connectivity index (χ2n) is 6.54. The molecule has 1 heterocycles. The van der Waals surface area contributed by atoms with Gasteiger partial charge in [0.15, 0.2) is 6.61 Å². The lowest BCUT2D eigenvalue weighted by atomic mass is 10.1. The highest BCUT2D eigenvalue weighted by Crippen LogP contribution is 2.29. The van der Waals surface area contributed by atoms with E-state index in [0.29, 0.717) is 22.8 Å². The van der Waals surface area contributed by atoms with E-state index in [1.807, 2.05) is 30.3 Å². The Hall–Kier alpha value is -4.24. The van der Waals surface area contributed by atoms with E-state index in [9.17, 15) is 14.9 Å². The summed E-state index contributed by atoms with van der Waals surface area (Å²) in [6.07, 6.45) is 0. The Balaban J connectivity index is 1.52. The summed E-state index contributed by atoms with van der Waals surface area (Å²) in [5.41, 5.74) is 0.614. The molecule has 1 aromatic heterocycles. The van der Waals surface area contributed by atoms with Crippen molar-refractivity contribution in [1.29, 1.82) is 0 Å². The van der Waals surface area contributed by atoms with Gasteiger partial charge in [0.2, 0.25) is 5.82 Å². The van der Waals surface area contributed by atoms with Crippen molar-refractivity contribution in [2.24, 2.45) is 0 Å². The number of ether oxygens (including phenoxy) is 1. The molecule has 0 unspecified atom stereocenters. The second-order valence-corrected chi connectivity index (χ2v) is 6.95. The molecule has 160 valence electrons. The quantitative estimate of drug-likeness (QED) is 0.306. The van der Waals surface area contributed by atoms with E-state index >= 15 is 0 Å². The van der Waals surface area contributed by atoms with Crippen molar-refractivity contribution in [3.05, 3.63) is 99.3 Å². The Kier molecular flexibility index (Phi) is 6.09. The maximum Gasteiger partial charge on any atom is 0.288 e. The molecule has 0 saturated carbocycles. The third-order valence-corrected chi connectivity index (χ3v) is 4.71. The van der Waals surface area contributed by atoms with E-state index in [0.717, 1.165) is 6.07 Å². The topological polar surface area (TPSA) is 120 Å². The number of nitrogens with zero attached hydrogens (tertiary/aromatic N) is 3. The van der Waals surface area contributed by atoms with Gasteiger partial charge in [-0.15, -0.1) is 0 Å². The maximum atomic E-state index is 12.7. The van der Waals surface area contributed by atoms with E-state index in [1.54, 1.807) is 24.3 Å². The summed E-state index contributed by atoms with van der Waals surface area (Å²) in [4.78, 5) is 27.5. The fraction of sp³-hybridized carbons (Fsp3) is 0.0455. The molecular weight excluding hydrogens is 436 g/mol. The summed E-state index contributed by atoms with van der Waals surface area (Å²) in [6.45, 7) is 0.108. The van der Waals surface area contributed by atoms with Crippen LogP contribution in [-0.4, -0.2) is 21.0 Å². The third kappa shape index (κ3) is 4.73. The van der Waals surface area contributed by atoms with Crippen molar-refractivity contribution in [1.82, 2.24) is 10.1 Å². The normalized spacial score (nSPS) is 10.5. The molecule has 32 heavy (non-hydrogen) atoms. The summed E-state index contributed by atoms with van der Waals surface area (Å²) in [6, 6.07) is 19.9. The molecule has 4 rings (SSSR count). The van der Waals surface area contributed by atoms with Gasteiger partial charge in [0.05, 0.1) is 16.2 Å². The fourth-order valence-electron chi connectivity index (χ4n) is 2.85. The number of rotatable bonds is 7. The van der Waals surface area contributed by atoms with Gasteiger partial charge >= 0.3 is 0 Å². The molecular formula is C22H15ClN4O5. The first kappa shape index (κ1) is 21.0. The average molecular weight is 451 g/mol. The minimum Gasteiger partial charge on any atom is -0.485 e. The standard InChI is InChI=1S/C22H15ClN4O5/c23-17-11-10-14(12-19(17)27(29)30)21(28)24-18-9-5-4-8-16(18)22-25-20(26-32-22)13-31-15-6-2-1-3-7-15/h1-12H,13H2,(H,24,28). The minimum absolute atomic E-state index is 0.0527. The van der Waals surface area contributed by atoms with Gasteiger partial charge in [-0.3, -0.25) is 14.9 Å². The molecule has 0 bridgehead atoms. The van der Waals surface area contributed by atoms with Crippen LogP contribution in [0.4, 0.5) is 11.4 Å². The second kappa shape index (κ2) is 9.27. The van der Waals surface area contributed by atoms with Crippen LogP contribution in [0.25, 0.3) is 11.5 Å². The Morgan fingerprint density at radius 2 is 1.84 bits per heavy atom. The van der Waals surface area contributed by atoms with Gasteiger partial charge in [0, 0.05) is 11.6 Å². The molecule has 0 atom stereocenters. The number of amides is 1. The van der Waals surface area contributed by atoms with Crippen LogP contribution in [0, 0.1) is 10.1 Å². The van der Waals surface area contributed by atoms with Crippen molar-refractivity contribution in [2.75, 3.05) is 5.32 Å². The average Bonchev–Trinajstić information content (AvgIpc) is 3.27. The number of hydrogen-bond acceptors (Lipinski definition) is 7. The number of carbonyl (C=O) groups is 1. The molecule has 9 nitrogen and oxygen atoms in total. The predicted molar refractivity (Wildman–Crippen MR) is 117 cm³/mol. The van der Waals surface area contributed by atoms with Crippen molar-refractivity contribution in [2.45, 2.75) is 6.61 Å². The van der Waals surface area contributed by atoms with Crippen LogP contribution in [0.3, 0.4) is 0 Å². The van der Waals surface area contributed by atoms with Crippen LogP contribution >= 0.6 is 11.6 Å². The zero-order valence-corrected chi connectivity index (χ0v) is 17.2. The van der Waals surface area contributed by atoms with Gasteiger partial charge in [0.25, 0.3) is 17.5 Å². The van der Waals surface area contributed by atoms with E-state index in [2.05, 4.69) is 15.5 Å². The first-order chi connectivity index (χ1) is 15.5. The van der Waals surface area contributed by atoms with Gasteiger partial charge in [-0.05, 0) is 36.4 Å². The fourth-order valence-corrected chi connectivity index (χ4v) is 3.04. The number of para-hydroxylation sites is 2. The Morgan fingerprint density at radius 1 is 1.09 bits per heavy atom. The molecule has 10 heteroatoms. The highest BCUT2D eigenvalue weighted by Gasteiger charge is 2.19. The van der Waals surface area contributed by atoms with Crippen LogP contribution in [0.2, 0.25) is 5.02 Å². The van der Waals surface area contributed by atoms with E-state index in [1.165, 1.54) is 12.1 Å². The molecule has 0 aliphatic heterocycles. The monoisotopic (exact) mass is 450 g/mol. The van der Waals surface area contributed by atoms with Crippen LogP contribution in [0.5, 0.6) is 5.75 Å². The number of nitro groups is 1. The summed E-state index contributed by atoms with van der Waals surface area (Å²) in [5.74, 6) is 0.640. The Morgan fingerprint density at radius 3 is 2.62 bits per heavy atom. The molecule has 0 saturated heterocycles. The minimum atomic E-state index is -0.648. The highest BCUT2D eigenvalue weighted by molar-refractivity contribution is 6.32. The summed E-state index contributed by atoms with van der Waals surface area (Å²) >= 11 is 5.82. The molecule has 0 radical (unpaired) electrons. The third-order valence-electron chi connectivity index (χ3n) is 4.39. The summed E-state index contributed by atoms with van der Waals surface area (Å²) < 4.78 is 10.9. The zero-order chi connectivity index (χ0) is 22.5. The van der Waals surface area contributed by atoms with Crippen molar-refractivity contribution in [3.8, 4) is 17.2 Å². The SMILES string of the molecule is O=C(Nc1ccccc1-c1nc(COc2ccccc2)no1)c1ccc(Cl)c([N+](=O)[O-])c1. The molecule has 1 N–H and O–H groups in total. The lowest BCUT2D eigenvalue weighted by Gasteiger charge is -2.08. The number of aromatic nitrogens is 2. The molecule has 0 fully saturated rings. The number of hydrogen-bond donors (Lipinski definition) is 1. The summed E-state index contributed by atoms with van der Waals surface area (Å²) in [7, 11) is 0. The van der Waals surface area contributed by atoms with E-state index in [-0.39, 0.29) is 28.8 Å². The van der Waals surface area contributed by atoms with Crippen molar-refractivity contribution < 1.29 is 19.0 Å². The molecule has 0 spiro atoms. The highest BCUT2D eigenvalue weighted by atomic mass is 35.5. The Bertz CT molecular complexity index is 1280. The smallest absolute Gasteiger partial charge is 0.288 e. The summed E-state index contributed by atoms with van der Waals surface area (Å²) in [5, 5.41) is 17.7. The number of halogens is 1. The van der Waals surface area contributed by atoms with Gasteiger partial charge in [-0.25, -0.2) is 0 Å². The molecule has 4 aromatic rings. The van der Waals surface area contributed by atoms with Gasteiger partial charge in [0.1, 0.15) is 10.8 Å². The van der Waals surface area contributed by atoms with Gasteiger partial charge < -0.3 is 14.6 Å². The van der Waals surface area contributed by atoms with Crippen LogP contribution in [0.15, 0.2) is 77.3 Å². The largest absolute Gasteiger partial charge is 0.485 e. The van der Waals surface area contributed by atoms with Crippen molar-refractivity contribution in [3.63, 3.8) is 0 Å². The first-order valence-corrected chi connectivity index (χ1v) is 9.74. The molecule has 3 aromatic carbocycles. The van der Waals surface area contributed by atoms with Crippen molar-refractivity contribution >= 4 is 28.9 Å². The van der Waals surface area contributed by atoms with E-state index in [4.69, 9.17) is 20.9 Å². The number of nitrogens with one attached hydrogen (secondary N) is 1. The lowest BCUT2D eigenvalue weighted by molar-refractivity contribution is -0.384. The Labute approximate surface area is 186 Å². The molecule has 0 aliphatic rings. The molecule has 0 aliphatic carbocycles.